The quantitative estimate of drug-likeness (QED) is 0.494. The van der Waals surface area contributed by atoms with Gasteiger partial charge in [0.15, 0.2) is 0 Å². The Kier molecular flexibility index (Phi) is 3.58. The molecule has 40 valence electrons. The van der Waals surface area contributed by atoms with Crippen molar-refractivity contribution in [3.05, 3.63) is 36.1 Å². The van der Waals surface area contributed by atoms with E-state index in [4.69, 9.17) is 5.73 Å². The van der Waals surface area contributed by atoms with Gasteiger partial charge in [-0.2, -0.15) is 0 Å². The molecule has 0 unspecified atom stereocenters. The molecule has 2 heteroatoms. The van der Waals surface area contributed by atoms with Gasteiger partial charge in [0.25, 0.3) is 0 Å². The van der Waals surface area contributed by atoms with Crippen LogP contribution in [0.4, 0.5) is 5.69 Å². The average Bonchev–Trinajstić information content (AvgIpc) is 1.69. The summed E-state index contributed by atoms with van der Waals surface area (Å²) >= 11 is 0. The minimum Gasteiger partial charge on any atom is -0.699 e. The van der Waals surface area contributed by atoms with Crippen molar-refractivity contribution < 1.29 is 21.7 Å². The number of benzene rings is 1. The Bertz CT molecular complexity index is 138. The third-order valence-corrected chi connectivity index (χ3v) is 0.774. The Morgan fingerprint density at radius 1 is 1.00 bits per heavy atom. The normalized spacial score (nSPS) is 7.50. The monoisotopic (exact) mass is 140 g/mol. The number of nitrogens with one attached hydrogen (secondary N) is 1. The molecule has 1 nitrogen and oxygen atoms in total. The minimum absolute atomic E-state index is 0. The zero-order valence-electron chi connectivity index (χ0n) is 4.39. The summed E-state index contributed by atoms with van der Waals surface area (Å²) in [6.45, 7) is 0. The topological polar surface area (TPSA) is 23.8 Å². The Hall–Kier alpha value is -0.266. The van der Waals surface area contributed by atoms with Crippen LogP contribution in [0.25, 0.3) is 5.73 Å². The van der Waals surface area contributed by atoms with E-state index in [0.29, 0.717) is 5.69 Å². The predicted molar refractivity (Wildman–Crippen MR) is 30.4 cm³/mol. The molecule has 0 heterocycles. The van der Waals surface area contributed by atoms with Crippen molar-refractivity contribution in [2.75, 3.05) is 0 Å². The van der Waals surface area contributed by atoms with Gasteiger partial charge >= 0.3 is 0 Å². The molecular formula is C6H6NTi-. The molecular weight excluding hydrogens is 134 g/mol. The molecule has 0 atom stereocenters. The molecule has 0 bridgehead atoms. The molecule has 0 saturated carbocycles. The van der Waals surface area contributed by atoms with Gasteiger partial charge in [-0.05, 0) is 0 Å². The fourth-order valence-corrected chi connectivity index (χ4v) is 0.438. The smallest absolute Gasteiger partial charge is 0 e. The van der Waals surface area contributed by atoms with Crippen molar-refractivity contribution >= 4 is 5.69 Å². The van der Waals surface area contributed by atoms with Crippen molar-refractivity contribution in [3.63, 3.8) is 0 Å². The van der Waals surface area contributed by atoms with Crippen molar-refractivity contribution in [3.8, 4) is 0 Å². The first-order chi connectivity index (χ1) is 3.39. The van der Waals surface area contributed by atoms with E-state index in [1.54, 1.807) is 12.1 Å². The fraction of sp³-hybridized carbons (Fsp3) is 0. The second-order valence-corrected chi connectivity index (χ2v) is 1.37. The van der Waals surface area contributed by atoms with E-state index >= 15 is 0 Å². The van der Waals surface area contributed by atoms with Crippen molar-refractivity contribution in [1.29, 1.82) is 0 Å². The van der Waals surface area contributed by atoms with Crippen LogP contribution in [0.1, 0.15) is 0 Å². The van der Waals surface area contributed by atoms with Crippen LogP contribution in [0.3, 0.4) is 0 Å². The van der Waals surface area contributed by atoms with E-state index in [2.05, 4.69) is 0 Å². The molecule has 0 radical (unpaired) electrons. The zero-order valence-corrected chi connectivity index (χ0v) is 5.95. The van der Waals surface area contributed by atoms with Gasteiger partial charge in [-0.15, -0.1) is 5.69 Å². The SMILES string of the molecule is [NH-]c1ccccc1.[Ti]. The van der Waals surface area contributed by atoms with Gasteiger partial charge < -0.3 is 5.73 Å². The third-order valence-electron chi connectivity index (χ3n) is 0.774. The summed E-state index contributed by atoms with van der Waals surface area (Å²) in [5, 5.41) is 0. The first-order valence-corrected chi connectivity index (χ1v) is 2.16. The molecule has 1 aromatic rings. The molecule has 1 aromatic carbocycles. The van der Waals surface area contributed by atoms with Crippen LogP contribution >= 0.6 is 0 Å². The first-order valence-electron chi connectivity index (χ1n) is 2.16. The summed E-state index contributed by atoms with van der Waals surface area (Å²) in [6.07, 6.45) is 0. The minimum atomic E-state index is 0. The average molecular weight is 140 g/mol. The standard InChI is InChI=1S/C6H6N.Ti/c7-6-4-2-1-3-5-6;/h1-5,7H;/q-1;. The van der Waals surface area contributed by atoms with Gasteiger partial charge in [0.05, 0.1) is 0 Å². The van der Waals surface area contributed by atoms with Crippen LogP contribution in [0.5, 0.6) is 0 Å². The molecule has 1 rings (SSSR count). The molecule has 0 aliphatic heterocycles. The van der Waals surface area contributed by atoms with Gasteiger partial charge in [-0.3, -0.25) is 0 Å². The third kappa shape index (κ3) is 2.15. The Labute approximate surface area is 63.8 Å². The summed E-state index contributed by atoms with van der Waals surface area (Å²) in [7, 11) is 0. The maximum absolute atomic E-state index is 7.00. The van der Waals surface area contributed by atoms with E-state index < -0.39 is 0 Å². The molecule has 1 N–H and O–H groups in total. The van der Waals surface area contributed by atoms with Crippen LogP contribution in [-0.4, -0.2) is 0 Å². The molecule has 0 aliphatic rings. The fourth-order valence-electron chi connectivity index (χ4n) is 0.438. The largest absolute Gasteiger partial charge is 0.699 e. The van der Waals surface area contributed by atoms with Crippen LogP contribution in [0, 0.1) is 0 Å². The van der Waals surface area contributed by atoms with E-state index in [1.165, 1.54) is 0 Å². The Morgan fingerprint density at radius 3 is 1.75 bits per heavy atom. The number of hydrogen-bond donors (Lipinski definition) is 0. The van der Waals surface area contributed by atoms with Crippen molar-refractivity contribution in [1.82, 2.24) is 0 Å². The summed E-state index contributed by atoms with van der Waals surface area (Å²) in [5.41, 5.74) is 7.57. The Morgan fingerprint density at radius 2 is 1.50 bits per heavy atom. The molecule has 0 amide bonds. The van der Waals surface area contributed by atoms with E-state index in [9.17, 15) is 0 Å². The predicted octanol–water partition coefficient (Wildman–Crippen LogP) is 2.37. The molecule has 0 saturated heterocycles. The second kappa shape index (κ2) is 3.70. The molecule has 8 heavy (non-hydrogen) atoms. The van der Waals surface area contributed by atoms with Gasteiger partial charge in [0.2, 0.25) is 0 Å². The maximum Gasteiger partial charge on any atom is 0 e. The summed E-state index contributed by atoms with van der Waals surface area (Å²) in [6, 6.07) is 9.10. The van der Waals surface area contributed by atoms with Crippen molar-refractivity contribution in [2.24, 2.45) is 0 Å². The second-order valence-electron chi connectivity index (χ2n) is 1.37. The van der Waals surface area contributed by atoms with E-state index in [0.717, 1.165) is 0 Å². The number of rotatable bonds is 0. The first kappa shape index (κ1) is 7.73. The van der Waals surface area contributed by atoms with Gasteiger partial charge in [-0.25, -0.2) is 0 Å². The van der Waals surface area contributed by atoms with E-state index in [-0.39, 0.29) is 21.7 Å². The molecule has 0 aromatic heterocycles. The van der Waals surface area contributed by atoms with Crippen LogP contribution < -0.4 is 0 Å². The maximum atomic E-state index is 7.00. The Balaban J connectivity index is 0.000000490. The molecule has 0 fully saturated rings. The molecule has 0 spiro atoms. The summed E-state index contributed by atoms with van der Waals surface area (Å²) < 4.78 is 0. The summed E-state index contributed by atoms with van der Waals surface area (Å²) in [5.74, 6) is 0. The number of hydrogen-bond acceptors (Lipinski definition) is 0. The van der Waals surface area contributed by atoms with Crippen LogP contribution in [0.2, 0.25) is 0 Å². The summed E-state index contributed by atoms with van der Waals surface area (Å²) in [4.78, 5) is 0. The zero-order chi connectivity index (χ0) is 5.11. The molecule has 0 aliphatic carbocycles. The van der Waals surface area contributed by atoms with Gasteiger partial charge in [0.1, 0.15) is 0 Å². The van der Waals surface area contributed by atoms with Crippen LogP contribution in [0.15, 0.2) is 30.3 Å². The van der Waals surface area contributed by atoms with Crippen molar-refractivity contribution in [2.45, 2.75) is 0 Å². The van der Waals surface area contributed by atoms with E-state index in [1.807, 2.05) is 18.2 Å². The van der Waals surface area contributed by atoms with Crippen LogP contribution in [-0.2, 0) is 21.7 Å². The van der Waals surface area contributed by atoms with Gasteiger partial charge in [0, 0.05) is 21.7 Å². The van der Waals surface area contributed by atoms with Gasteiger partial charge in [-0.1, -0.05) is 30.3 Å².